The van der Waals surface area contributed by atoms with Crippen molar-refractivity contribution >= 4 is 17.3 Å². The molecule has 7 nitrogen and oxygen atoms in total. The van der Waals surface area contributed by atoms with Gasteiger partial charge in [-0.2, -0.15) is 0 Å². The molecular weight excluding hydrogens is 392 g/mol. The zero-order valence-corrected chi connectivity index (χ0v) is 18.4. The molecule has 7 heteroatoms. The fraction of sp³-hybridized carbons (Fsp3) is 0.458. The van der Waals surface area contributed by atoms with Gasteiger partial charge in [-0.05, 0) is 24.3 Å². The Morgan fingerprint density at radius 1 is 1.03 bits per heavy atom. The van der Waals surface area contributed by atoms with Crippen LogP contribution in [0.3, 0.4) is 0 Å². The smallest absolute Gasteiger partial charge is 0.279 e. The summed E-state index contributed by atoms with van der Waals surface area (Å²) in [7, 11) is 1.69. The van der Waals surface area contributed by atoms with Crippen LogP contribution in [0.1, 0.15) is 5.56 Å². The van der Waals surface area contributed by atoms with Crippen molar-refractivity contribution in [2.45, 2.75) is 6.54 Å². The third-order valence-corrected chi connectivity index (χ3v) is 6.19. The number of ether oxygens (including phenoxy) is 2. The van der Waals surface area contributed by atoms with E-state index in [0.717, 1.165) is 70.5 Å². The maximum absolute atomic E-state index is 12.5. The van der Waals surface area contributed by atoms with Gasteiger partial charge in [-0.25, -0.2) is 0 Å². The van der Waals surface area contributed by atoms with E-state index in [4.69, 9.17) is 9.47 Å². The molecule has 4 rings (SSSR count). The summed E-state index contributed by atoms with van der Waals surface area (Å²) in [5, 5.41) is 3.06. The lowest BCUT2D eigenvalue weighted by molar-refractivity contribution is -0.921. The molecule has 2 aliphatic heterocycles. The maximum Gasteiger partial charge on any atom is 0.279 e. The highest BCUT2D eigenvalue weighted by atomic mass is 16.5. The summed E-state index contributed by atoms with van der Waals surface area (Å²) in [5.74, 6) is 0.959. The van der Waals surface area contributed by atoms with Crippen LogP contribution in [0.15, 0.2) is 48.5 Å². The minimum atomic E-state index is 0.0800. The van der Waals surface area contributed by atoms with Crippen LogP contribution < -0.4 is 24.8 Å². The van der Waals surface area contributed by atoms with Crippen molar-refractivity contribution in [1.29, 1.82) is 0 Å². The van der Waals surface area contributed by atoms with Gasteiger partial charge in [0.15, 0.2) is 6.54 Å². The Kier molecular flexibility index (Phi) is 7.40. The first kappa shape index (κ1) is 21.6. The van der Waals surface area contributed by atoms with Crippen molar-refractivity contribution in [3.63, 3.8) is 0 Å². The molecule has 0 spiro atoms. The van der Waals surface area contributed by atoms with Gasteiger partial charge in [0.05, 0.1) is 46.5 Å². The number of anilines is 2. The molecule has 0 saturated carbocycles. The molecule has 1 amide bonds. The highest BCUT2D eigenvalue weighted by Gasteiger charge is 2.22. The Hall–Kier alpha value is -2.61. The molecule has 0 bridgehead atoms. The number of carbonyl (C=O) groups excluding carboxylic acids is 1. The summed E-state index contributed by atoms with van der Waals surface area (Å²) in [5.41, 5.74) is 3.36. The number of morpholine rings is 1. The maximum atomic E-state index is 12.5. The van der Waals surface area contributed by atoms with Crippen molar-refractivity contribution in [2.75, 3.05) is 76.4 Å². The first-order valence-electron chi connectivity index (χ1n) is 11.2. The molecule has 0 aromatic heterocycles. The van der Waals surface area contributed by atoms with Crippen LogP contribution in [-0.2, 0) is 16.1 Å². The van der Waals surface area contributed by atoms with Crippen LogP contribution in [0.2, 0.25) is 0 Å². The van der Waals surface area contributed by atoms with E-state index in [0.29, 0.717) is 6.54 Å². The van der Waals surface area contributed by atoms with Crippen molar-refractivity contribution < 1.29 is 24.1 Å². The largest absolute Gasteiger partial charge is 0.497 e. The number of methoxy groups -OCH3 is 1. The predicted octanol–water partition coefficient (Wildman–Crippen LogP) is -0.546. The fourth-order valence-electron chi connectivity index (χ4n) is 4.33. The monoisotopic (exact) mass is 426 g/mol. The number of hydrogen-bond donors (Lipinski definition) is 3. The number of quaternary nitrogens is 2. The quantitative estimate of drug-likeness (QED) is 0.556. The molecule has 166 valence electrons. The van der Waals surface area contributed by atoms with Crippen LogP contribution in [0.5, 0.6) is 5.75 Å². The second kappa shape index (κ2) is 10.6. The van der Waals surface area contributed by atoms with Crippen LogP contribution in [0.25, 0.3) is 0 Å². The average Bonchev–Trinajstić information content (AvgIpc) is 2.81. The first-order chi connectivity index (χ1) is 15.2. The van der Waals surface area contributed by atoms with Crippen molar-refractivity contribution in [2.24, 2.45) is 0 Å². The number of nitrogens with zero attached hydrogens (tertiary/aromatic N) is 1. The van der Waals surface area contributed by atoms with Gasteiger partial charge in [0.25, 0.3) is 5.91 Å². The molecule has 2 aliphatic rings. The van der Waals surface area contributed by atoms with Crippen molar-refractivity contribution in [1.82, 2.24) is 0 Å². The van der Waals surface area contributed by atoms with Gasteiger partial charge in [-0.1, -0.05) is 18.2 Å². The average molecular weight is 427 g/mol. The molecule has 3 N–H and O–H groups in total. The molecule has 2 fully saturated rings. The van der Waals surface area contributed by atoms with Crippen molar-refractivity contribution in [3.05, 3.63) is 54.1 Å². The Balaban J connectivity index is 1.21. The summed E-state index contributed by atoms with van der Waals surface area (Å²) in [4.78, 5) is 17.8. The molecule has 2 aromatic rings. The minimum absolute atomic E-state index is 0.0800. The molecule has 0 radical (unpaired) electrons. The number of hydrogen-bond acceptors (Lipinski definition) is 4. The van der Waals surface area contributed by atoms with Gasteiger partial charge in [0.1, 0.15) is 25.4 Å². The number of nitrogens with one attached hydrogen (secondary N) is 3. The fourth-order valence-corrected chi connectivity index (χ4v) is 4.33. The van der Waals surface area contributed by atoms with Gasteiger partial charge >= 0.3 is 0 Å². The molecule has 31 heavy (non-hydrogen) atoms. The molecule has 0 unspecified atom stereocenters. The van der Waals surface area contributed by atoms with Gasteiger partial charge in [-0.15, -0.1) is 0 Å². The standard InChI is InChI=1S/C24H32N4O3/c1-30-23-4-2-3-22(17-23)28-11-9-26(10-12-28)19-24(29)25-21-7-5-20(6-8-21)18-27-13-15-31-16-14-27/h2-8,17H,9-16,18-19H2,1H3,(H,25,29)/p+2. The lowest BCUT2D eigenvalue weighted by atomic mass is 10.2. The normalized spacial score (nSPS) is 18.0. The zero-order chi connectivity index (χ0) is 21.5. The van der Waals surface area contributed by atoms with Crippen molar-refractivity contribution in [3.8, 4) is 5.75 Å². The second-order valence-electron chi connectivity index (χ2n) is 8.40. The third-order valence-electron chi connectivity index (χ3n) is 6.19. The van der Waals surface area contributed by atoms with E-state index >= 15 is 0 Å². The summed E-state index contributed by atoms with van der Waals surface area (Å²) in [6.45, 7) is 9.11. The zero-order valence-electron chi connectivity index (χ0n) is 18.4. The lowest BCUT2D eigenvalue weighted by Gasteiger charge is -2.33. The first-order valence-corrected chi connectivity index (χ1v) is 11.2. The van der Waals surface area contributed by atoms with Crippen LogP contribution >= 0.6 is 0 Å². The van der Waals surface area contributed by atoms with E-state index in [9.17, 15) is 4.79 Å². The molecule has 2 saturated heterocycles. The van der Waals surface area contributed by atoms with Gasteiger partial charge < -0.3 is 29.5 Å². The van der Waals surface area contributed by atoms with Gasteiger partial charge in [0.2, 0.25) is 0 Å². The third kappa shape index (κ3) is 6.19. The van der Waals surface area contributed by atoms with E-state index in [2.05, 4.69) is 34.5 Å². The van der Waals surface area contributed by atoms with E-state index in [1.807, 2.05) is 24.3 Å². The Bertz CT molecular complexity index is 844. The summed E-state index contributed by atoms with van der Waals surface area (Å²) in [6.07, 6.45) is 0. The molecule has 2 heterocycles. The SMILES string of the molecule is COc1cccc(N2CC[NH+](CC(=O)Nc3ccc(C[NH+]4CCOCC4)cc3)CC2)c1. The summed E-state index contributed by atoms with van der Waals surface area (Å²) >= 11 is 0. The number of rotatable bonds is 7. The Labute approximate surface area is 184 Å². The van der Waals surface area contributed by atoms with Crippen LogP contribution in [0.4, 0.5) is 11.4 Å². The highest BCUT2D eigenvalue weighted by molar-refractivity contribution is 5.91. The number of carbonyl (C=O) groups is 1. The number of amides is 1. The van der Waals surface area contributed by atoms with Gasteiger partial charge in [-0.3, -0.25) is 4.79 Å². The second-order valence-corrected chi connectivity index (χ2v) is 8.40. The van der Waals surface area contributed by atoms with E-state index < -0.39 is 0 Å². The molecular formula is C24H34N4O3+2. The molecule has 0 aliphatic carbocycles. The lowest BCUT2D eigenvalue weighted by Crippen LogP contribution is -3.15. The Morgan fingerprint density at radius 3 is 2.48 bits per heavy atom. The Morgan fingerprint density at radius 2 is 1.77 bits per heavy atom. The minimum Gasteiger partial charge on any atom is -0.497 e. The van der Waals surface area contributed by atoms with Gasteiger partial charge in [0, 0.05) is 23.0 Å². The van der Waals surface area contributed by atoms with Crippen LogP contribution in [-0.4, -0.2) is 72.0 Å². The summed E-state index contributed by atoms with van der Waals surface area (Å²) < 4.78 is 10.8. The number of benzene rings is 2. The van der Waals surface area contributed by atoms with E-state index in [1.165, 1.54) is 16.2 Å². The van der Waals surface area contributed by atoms with Crippen LogP contribution in [0, 0.1) is 0 Å². The number of piperazine rings is 1. The van der Waals surface area contributed by atoms with E-state index in [-0.39, 0.29) is 5.91 Å². The molecule has 0 atom stereocenters. The highest BCUT2D eigenvalue weighted by Crippen LogP contribution is 2.20. The predicted molar refractivity (Wildman–Crippen MR) is 121 cm³/mol. The topological polar surface area (TPSA) is 59.7 Å². The summed E-state index contributed by atoms with van der Waals surface area (Å²) in [6, 6.07) is 16.5. The van der Waals surface area contributed by atoms with E-state index in [1.54, 1.807) is 12.0 Å². The molecule has 2 aromatic carbocycles.